The molecule has 0 bridgehead atoms. The summed E-state index contributed by atoms with van der Waals surface area (Å²) in [6, 6.07) is 0. The monoisotopic (exact) mass is 272 g/mol. The first kappa shape index (κ1) is 13.9. The minimum absolute atomic E-state index is 0.378. The fourth-order valence-corrected chi connectivity index (χ4v) is 1.66. The number of nitrogens with zero attached hydrogens (tertiary/aromatic N) is 2. The molecule has 0 aliphatic heterocycles. The van der Waals surface area contributed by atoms with Gasteiger partial charge >= 0.3 is 0 Å². The second kappa shape index (κ2) is 6.06. The smallest absolute Gasteiger partial charge is 0.300 e. The molecule has 104 valence electrons. The largest absolute Gasteiger partial charge is 0.477 e. The van der Waals surface area contributed by atoms with Gasteiger partial charge in [-0.05, 0) is 18.8 Å². The van der Waals surface area contributed by atoms with Gasteiger partial charge in [0.2, 0.25) is 5.88 Å². The van der Waals surface area contributed by atoms with E-state index < -0.39 is 0 Å². The van der Waals surface area contributed by atoms with E-state index in [1.54, 1.807) is 13.1 Å². The first-order valence-corrected chi connectivity index (χ1v) is 6.30. The maximum atomic E-state index is 11.6. The van der Waals surface area contributed by atoms with E-state index in [1.165, 1.54) is 6.33 Å². The first-order chi connectivity index (χ1) is 9.61. The van der Waals surface area contributed by atoms with Crippen molar-refractivity contribution in [2.24, 2.45) is 5.92 Å². The molecular formula is C14H16N4O2. The van der Waals surface area contributed by atoms with Crippen molar-refractivity contribution >= 4 is 22.6 Å². The van der Waals surface area contributed by atoms with Gasteiger partial charge in [0.1, 0.15) is 17.4 Å². The highest BCUT2D eigenvalue weighted by molar-refractivity contribution is 6.09. The van der Waals surface area contributed by atoms with Crippen molar-refractivity contribution in [3.8, 4) is 17.7 Å². The van der Waals surface area contributed by atoms with Crippen LogP contribution in [-0.4, -0.2) is 27.5 Å². The number of anilines is 1. The van der Waals surface area contributed by atoms with Gasteiger partial charge in [-0.3, -0.25) is 4.79 Å². The van der Waals surface area contributed by atoms with Gasteiger partial charge in [-0.25, -0.2) is 9.97 Å². The van der Waals surface area contributed by atoms with Gasteiger partial charge in [0.15, 0.2) is 0 Å². The Morgan fingerprint density at radius 2 is 2.30 bits per heavy atom. The predicted octanol–water partition coefficient (Wildman–Crippen LogP) is 1.95. The molecule has 0 aliphatic carbocycles. The van der Waals surface area contributed by atoms with Gasteiger partial charge < -0.3 is 15.0 Å². The minimum atomic E-state index is -0.382. The number of rotatable bonds is 4. The second-order valence-electron chi connectivity index (χ2n) is 4.64. The van der Waals surface area contributed by atoms with Gasteiger partial charge in [-0.2, -0.15) is 0 Å². The van der Waals surface area contributed by atoms with Crippen LogP contribution in [0.15, 0.2) is 12.5 Å². The van der Waals surface area contributed by atoms with E-state index in [1.807, 2.05) is 0 Å². The average Bonchev–Trinajstić information content (AvgIpc) is 2.80. The third-order valence-corrected chi connectivity index (χ3v) is 2.48. The van der Waals surface area contributed by atoms with Crippen molar-refractivity contribution in [3.05, 3.63) is 12.5 Å². The Hall–Kier alpha value is -2.55. The number of carbonyl (C=O) groups excluding carboxylic acids is 1. The highest BCUT2D eigenvalue weighted by atomic mass is 16.5. The minimum Gasteiger partial charge on any atom is -0.477 e. The van der Waals surface area contributed by atoms with Crippen molar-refractivity contribution < 1.29 is 9.53 Å². The summed E-state index contributed by atoms with van der Waals surface area (Å²) in [5.74, 6) is 5.41. The Morgan fingerprint density at radius 1 is 1.50 bits per heavy atom. The highest BCUT2D eigenvalue weighted by Gasteiger charge is 2.14. The van der Waals surface area contributed by atoms with E-state index in [0.717, 1.165) is 0 Å². The van der Waals surface area contributed by atoms with Crippen LogP contribution in [0.3, 0.4) is 0 Å². The lowest BCUT2D eigenvalue weighted by Gasteiger charge is -2.09. The normalized spacial score (nSPS) is 10.2. The summed E-state index contributed by atoms with van der Waals surface area (Å²) in [7, 11) is 0. The fourth-order valence-electron chi connectivity index (χ4n) is 1.66. The summed E-state index contributed by atoms with van der Waals surface area (Å²) < 4.78 is 5.66. The molecule has 2 aromatic heterocycles. The topological polar surface area (TPSA) is 79.9 Å². The number of hydrogen-bond donors (Lipinski definition) is 2. The van der Waals surface area contributed by atoms with E-state index in [-0.39, 0.29) is 5.91 Å². The number of amides is 1. The summed E-state index contributed by atoms with van der Waals surface area (Å²) in [6.07, 6.45) is 3.07. The van der Waals surface area contributed by atoms with E-state index in [0.29, 0.717) is 35.1 Å². The van der Waals surface area contributed by atoms with Crippen LogP contribution in [0.1, 0.15) is 20.8 Å². The molecule has 0 aliphatic rings. The number of hydrogen-bond acceptors (Lipinski definition) is 4. The van der Waals surface area contributed by atoms with Gasteiger partial charge in [0.25, 0.3) is 5.91 Å². The molecule has 0 saturated heterocycles. The Morgan fingerprint density at radius 3 is 3.00 bits per heavy atom. The number of nitrogens with one attached hydrogen (secondary N) is 2. The third-order valence-electron chi connectivity index (χ3n) is 2.48. The Labute approximate surface area is 117 Å². The lowest BCUT2D eigenvalue weighted by atomic mass is 10.2. The van der Waals surface area contributed by atoms with Crippen LogP contribution in [-0.2, 0) is 4.79 Å². The van der Waals surface area contributed by atoms with Crippen molar-refractivity contribution in [2.75, 3.05) is 11.9 Å². The van der Waals surface area contributed by atoms with Crippen LogP contribution in [0.2, 0.25) is 0 Å². The number of aromatic amines is 1. The first-order valence-electron chi connectivity index (χ1n) is 6.30. The van der Waals surface area contributed by atoms with Crippen LogP contribution in [0, 0.1) is 17.8 Å². The van der Waals surface area contributed by atoms with E-state index >= 15 is 0 Å². The molecule has 0 fully saturated rings. The van der Waals surface area contributed by atoms with Crippen molar-refractivity contribution in [1.29, 1.82) is 0 Å². The molecule has 20 heavy (non-hydrogen) atoms. The standard InChI is InChI=1S/C14H16N4O2/c1-4-5-11(19)18-10-6-15-13-12(10)14(17-8-16-13)20-7-9(2)3/h6,8-9H,7H2,1-3H3,(H,18,19)(H,15,16,17). The molecule has 6 heteroatoms. The van der Waals surface area contributed by atoms with Crippen LogP contribution in [0.4, 0.5) is 5.69 Å². The summed E-state index contributed by atoms with van der Waals surface area (Å²) in [6.45, 7) is 6.25. The van der Waals surface area contributed by atoms with Crippen LogP contribution >= 0.6 is 0 Å². The number of H-pyrrole nitrogens is 1. The molecule has 0 aromatic carbocycles. The Kier molecular flexibility index (Phi) is 4.20. The third kappa shape index (κ3) is 3.06. The lowest BCUT2D eigenvalue weighted by Crippen LogP contribution is -2.09. The maximum Gasteiger partial charge on any atom is 0.300 e. The SMILES string of the molecule is CC#CC(=O)Nc1c[nH]c2ncnc(OCC(C)C)c12. The van der Waals surface area contributed by atoms with Gasteiger partial charge in [0.05, 0.1) is 12.3 Å². The number of carbonyl (C=O) groups is 1. The van der Waals surface area contributed by atoms with Gasteiger partial charge in [-0.15, -0.1) is 0 Å². The molecule has 0 spiro atoms. The van der Waals surface area contributed by atoms with Crippen LogP contribution in [0.5, 0.6) is 5.88 Å². The molecule has 6 nitrogen and oxygen atoms in total. The molecule has 0 atom stereocenters. The molecule has 2 aromatic rings. The molecule has 1 amide bonds. The van der Waals surface area contributed by atoms with Crippen molar-refractivity contribution in [2.45, 2.75) is 20.8 Å². The zero-order valence-corrected chi connectivity index (χ0v) is 11.7. The zero-order chi connectivity index (χ0) is 14.5. The second-order valence-corrected chi connectivity index (χ2v) is 4.64. The lowest BCUT2D eigenvalue weighted by molar-refractivity contribution is -0.111. The predicted molar refractivity (Wildman–Crippen MR) is 76.3 cm³/mol. The van der Waals surface area contributed by atoms with Gasteiger partial charge in [-0.1, -0.05) is 19.8 Å². The van der Waals surface area contributed by atoms with Crippen molar-refractivity contribution in [1.82, 2.24) is 15.0 Å². The number of aromatic nitrogens is 3. The van der Waals surface area contributed by atoms with E-state index in [2.05, 4.69) is 46.0 Å². The quantitative estimate of drug-likeness (QED) is 0.834. The number of ether oxygens (including phenoxy) is 1. The average molecular weight is 272 g/mol. The summed E-state index contributed by atoms with van der Waals surface area (Å²) >= 11 is 0. The van der Waals surface area contributed by atoms with E-state index in [4.69, 9.17) is 4.74 Å². The summed E-state index contributed by atoms with van der Waals surface area (Å²) in [5, 5.41) is 3.34. The number of fused-ring (bicyclic) bond motifs is 1. The van der Waals surface area contributed by atoms with E-state index in [9.17, 15) is 4.79 Å². The fraction of sp³-hybridized carbons (Fsp3) is 0.357. The zero-order valence-electron chi connectivity index (χ0n) is 11.7. The Balaban J connectivity index is 2.35. The molecule has 2 rings (SSSR count). The van der Waals surface area contributed by atoms with Crippen LogP contribution < -0.4 is 10.1 Å². The molecule has 2 N–H and O–H groups in total. The highest BCUT2D eigenvalue weighted by Crippen LogP contribution is 2.29. The molecular weight excluding hydrogens is 256 g/mol. The Bertz CT molecular complexity index is 679. The maximum absolute atomic E-state index is 11.6. The summed E-state index contributed by atoms with van der Waals surface area (Å²) in [5.41, 5.74) is 1.17. The molecule has 0 radical (unpaired) electrons. The van der Waals surface area contributed by atoms with Crippen molar-refractivity contribution in [3.63, 3.8) is 0 Å². The summed E-state index contributed by atoms with van der Waals surface area (Å²) in [4.78, 5) is 22.8. The molecule has 0 unspecified atom stereocenters. The van der Waals surface area contributed by atoms with Crippen LogP contribution in [0.25, 0.3) is 11.0 Å². The van der Waals surface area contributed by atoms with Gasteiger partial charge in [0, 0.05) is 6.20 Å². The molecule has 0 saturated carbocycles. The molecule has 2 heterocycles.